The van der Waals surface area contributed by atoms with Crippen molar-refractivity contribution in [3.63, 3.8) is 0 Å². The van der Waals surface area contributed by atoms with E-state index in [9.17, 15) is 5.48 Å². The van der Waals surface area contributed by atoms with Gasteiger partial charge in [0.05, 0.1) is 26.0 Å². The molecule has 1 aromatic heterocycles. The van der Waals surface area contributed by atoms with Crippen LogP contribution in [0, 0.1) is 0 Å². The van der Waals surface area contributed by atoms with Crippen LogP contribution in [-0.2, 0) is 5.41 Å². The summed E-state index contributed by atoms with van der Waals surface area (Å²) in [4.78, 5) is 4.44. The largest absolute Gasteiger partial charge is 0.310 e. The second kappa shape index (κ2) is 16.2. The van der Waals surface area contributed by atoms with E-state index in [1.165, 1.54) is 0 Å². The molecule has 0 saturated carbocycles. The normalized spacial score (nSPS) is 14.0. The van der Waals surface area contributed by atoms with Gasteiger partial charge in [0.25, 0.3) is 0 Å². The highest BCUT2D eigenvalue weighted by molar-refractivity contribution is 6.13. The van der Waals surface area contributed by atoms with E-state index >= 15 is 0 Å². The molecule has 0 fully saturated rings. The maximum absolute atomic E-state index is 10.5. The van der Waals surface area contributed by atoms with Gasteiger partial charge < -0.3 is 14.4 Å². The SMILES string of the molecule is [2H]c1c([2H])c([2H])c2c([2H])c(C3(c4cccc5c4c4ccccc4n5-c4ccccc4)c4ccc(N(c5ccccc5)c5ccccc5)cc4-c4cc(N(c5ccccc5)c5ccccc5)ccc43)c([2H])c([2H])c2c1[2H]. The van der Waals surface area contributed by atoms with Crippen molar-refractivity contribution in [2.45, 2.75) is 5.41 Å². The second-order valence-electron chi connectivity index (χ2n) is 17.1. The number of benzene rings is 11. The first kappa shape index (κ1) is 32.7. The Hall–Kier alpha value is -8.92. The van der Waals surface area contributed by atoms with Crippen molar-refractivity contribution in [1.29, 1.82) is 0 Å². The van der Waals surface area contributed by atoms with E-state index in [2.05, 4.69) is 136 Å². The van der Waals surface area contributed by atoms with Crippen LogP contribution in [0.5, 0.6) is 0 Å². The van der Waals surface area contributed by atoms with Crippen molar-refractivity contribution in [2.24, 2.45) is 0 Å². The lowest BCUT2D eigenvalue weighted by Gasteiger charge is -2.35. The van der Waals surface area contributed by atoms with Crippen LogP contribution >= 0.6 is 0 Å². The Morgan fingerprint density at radius 2 is 0.838 bits per heavy atom. The first-order valence-electron chi connectivity index (χ1n) is 26.4. The predicted molar refractivity (Wildman–Crippen MR) is 285 cm³/mol. The van der Waals surface area contributed by atoms with Crippen LogP contribution < -0.4 is 9.80 Å². The van der Waals surface area contributed by atoms with Gasteiger partial charge in [0.2, 0.25) is 0 Å². The van der Waals surface area contributed by atoms with Crippen LogP contribution in [0.3, 0.4) is 0 Å². The molecule has 0 spiro atoms. The highest BCUT2D eigenvalue weighted by Crippen LogP contribution is 2.60. The summed E-state index contributed by atoms with van der Waals surface area (Å²) in [5.41, 5.74) is 10.9. The minimum Gasteiger partial charge on any atom is -0.310 e. The van der Waals surface area contributed by atoms with Gasteiger partial charge >= 0.3 is 0 Å². The monoisotopic (exact) mass is 874 g/mol. The Morgan fingerprint density at radius 1 is 0.368 bits per heavy atom. The first-order valence-corrected chi connectivity index (χ1v) is 22.9. The summed E-state index contributed by atoms with van der Waals surface area (Å²) < 4.78 is 69.0. The lowest BCUT2D eigenvalue weighted by Crippen LogP contribution is -2.29. The molecule has 1 heterocycles. The lowest BCUT2D eigenvalue weighted by molar-refractivity contribution is 0.778. The zero-order valence-electron chi connectivity index (χ0n) is 43.8. The van der Waals surface area contributed by atoms with Crippen molar-refractivity contribution >= 4 is 66.7 Å². The number of anilines is 6. The van der Waals surface area contributed by atoms with Gasteiger partial charge in [-0.2, -0.15) is 0 Å². The average molecular weight is 875 g/mol. The van der Waals surface area contributed by atoms with E-state index in [-0.39, 0.29) is 34.5 Å². The van der Waals surface area contributed by atoms with Crippen LogP contribution in [0.1, 0.15) is 31.8 Å². The number of nitrogens with zero attached hydrogens (tertiary/aromatic N) is 3. The summed E-state index contributed by atoms with van der Waals surface area (Å²) in [5.74, 6) is 0. The Labute approximate surface area is 406 Å². The van der Waals surface area contributed by atoms with E-state index in [1.54, 1.807) is 0 Å². The van der Waals surface area contributed by atoms with Gasteiger partial charge in [-0.05, 0) is 147 Å². The molecule has 320 valence electrons. The molecule has 0 bridgehead atoms. The fourth-order valence-corrected chi connectivity index (χ4v) is 10.6. The Morgan fingerprint density at radius 3 is 1.38 bits per heavy atom. The maximum Gasteiger partial charge on any atom is 0.0720 e. The minimum absolute atomic E-state index is 0.0998. The van der Waals surface area contributed by atoms with E-state index in [0.717, 1.165) is 89.4 Å². The molecule has 0 amide bonds. The molecule has 0 unspecified atom stereocenters. The molecule has 0 N–H and O–H groups in total. The third-order valence-electron chi connectivity index (χ3n) is 13.4. The number of rotatable bonds is 9. The van der Waals surface area contributed by atoms with Gasteiger partial charge in [-0.1, -0.05) is 170 Å². The standard InChI is InChI=1S/C65H45N3/c1-6-23-49(24-7-1)66(50-25-8-2-9-26-50)54-39-41-59-57(44-54)58-45-55(67(51-27-10-3-11-28-51)52-29-12-4-13-30-52)40-42-60(58)65(59,48-38-37-46-21-16-17-22-47(46)43-48)61-34-20-36-63-64(61)56-33-18-19-35-62(56)68(63)53-31-14-5-15-32-53/h1-45H/i16D,17D,21D,22D,37D,38D,43D. The fourth-order valence-electron chi connectivity index (χ4n) is 10.6. The molecular weight excluding hydrogens is 823 g/mol. The zero-order valence-corrected chi connectivity index (χ0v) is 36.8. The minimum atomic E-state index is -1.53. The molecule has 0 atom stereocenters. The van der Waals surface area contributed by atoms with E-state index in [1.807, 2.05) is 109 Å². The number of aromatic nitrogens is 1. The van der Waals surface area contributed by atoms with Crippen LogP contribution in [0.4, 0.5) is 34.1 Å². The molecule has 1 aliphatic rings. The molecule has 3 heteroatoms. The summed E-state index contributed by atoms with van der Waals surface area (Å²) >= 11 is 0. The van der Waals surface area contributed by atoms with Gasteiger partial charge in [-0.15, -0.1) is 0 Å². The highest BCUT2D eigenvalue weighted by Gasteiger charge is 2.48. The molecule has 0 saturated heterocycles. The summed E-state index contributed by atoms with van der Waals surface area (Å²) in [6.45, 7) is 0. The third kappa shape index (κ3) is 6.21. The van der Waals surface area contributed by atoms with E-state index in [0.29, 0.717) is 0 Å². The van der Waals surface area contributed by atoms with Gasteiger partial charge in [0.1, 0.15) is 0 Å². The fraction of sp³-hybridized carbons (Fsp3) is 0.0154. The maximum atomic E-state index is 10.5. The summed E-state index contributed by atoms with van der Waals surface area (Å²) in [6.07, 6.45) is 0. The first-order chi connectivity index (χ1) is 36.7. The van der Waals surface area contributed by atoms with E-state index < -0.39 is 29.6 Å². The number of hydrogen-bond donors (Lipinski definition) is 0. The van der Waals surface area contributed by atoms with Crippen molar-refractivity contribution in [3.8, 4) is 16.8 Å². The van der Waals surface area contributed by atoms with Crippen LogP contribution in [0.25, 0.3) is 49.4 Å². The molecule has 1 aliphatic carbocycles. The van der Waals surface area contributed by atoms with Gasteiger partial charge in [0.15, 0.2) is 0 Å². The molecule has 0 radical (unpaired) electrons. The van der Waals surface area contributed by atoms with Crippen LogP contribution in [0.15, 0.2) is 273 Å². The number of para-hydroxylation sites is 6. The van der Waals surface area contributed by atoms with Crippen molar-refractivity contribution in [3.05, 3.63) is 295 Å². The Balaban J connectivity index is 1.23. The highest BCUT2D eigenvalue weighted by atomic mass is 15.1. The smallest absolute Gasteiger partial charge is 0.0720 e. The van der Waals surface area contributed by atoms with Gasteiger partial charge in [0, 0.05) is 50.6 Å². The van der Waals surface area contributed by atoms with Crippen molar-refractivity contribution in [2.75, 3.05) is 9.80 Å². The van der Waals surface area contributed by atoms with Crippen molar-refractivity contribution in [1.82, 2.24) is 4.57 Å². The zero-order chi connectivity index (χ0) is 51.1. The summed E-state index contributed by atoms with van der Waals surface area (Å²) in [5, 5.41) is 1.58. The summed E-state index contributed by atoms with van der Waals surface area (Å²) in [7, 11) is 0. The predicted octanol–water partition coefficient (Wildman–Crippen LogP) is 17.2. The Bertz CT molecular complexity index is 4000. The van der Waals surface area contributed by atoms with Gasteiger partial charge in [-0.3, -0.25) is 0 Å². The molecule has 11 aromatic carbocycles. The van der Waals surface area contributed by atoms with E-state index in [4.69, 9.17) is 4.11 Å². The van der Waals surface area contributed by atoms with Gasteiger partial charge in [-0.25, -0.2) is 0 Å². The summed E-state index contributed by atoms with van der Waals surface area (Å²) in [6, 6.07) is 75.6. The van der Waals surface area contributed by atoms with Crippen LogP contribution in [-0.4, -0.2) is 4.57 Å². The average Bonchev–Trinajstić information content (AvgIpc) is 3.96. The number of hydrogen-bond acceptors (Lipinski definition) is 2. The molecule has 68 heavy (non-hydrogen) atoms. The molecule has 3 nitrogen and oxygen atoms in total. The molecular formula is C65H45N3. The third-order valence-corrected chi connectivity index (χ3v) is 13.4. The second-order valence-corrected chi connectivity index (χ2v) is 17.1. The molecule has 12 aromatic rings. The lowest BCUT2D eigenvalue weighted by atomic mass is 9.66. The van der Waals surface area contributed by atoms with Crippen LogP contribution in [0.2, 0.25) is 0 Å². The molecule has 0 aliphatic heterocycles. The number of fused-ring (bicyclic) bond motifs is 7. The quantitative estimate of drug-likeness (QED) is 0.143. The topological polar surface area (TPSA) is 11.4 Å². The molecule has 13 rings (SSSR count). The Kier molecular flexibility index (Phi) is 7.79. The van der Waals surface area contributed by atoms with Crippen molar-refractivity contribution < 1.29 is 9.60 Å².